The summed E-state index contributed by atoms with van der Waals surface area (Å²) in [4.78, 5) is 28.3. The topological polar surface area (TPSA) is 96.0 Å². The quantitative estimate of drug-likeness (QED) is 0.359. The number of hydrogen-bond acceptors (Lipinski definition) is 5. The third kappa shape index (κ3) is 7.10. The molecule has 3 aromatic rings. The fourth-order valence-electron chi connectivity index (χ4n) is 4.22. The zero-order valence-electron chi connectivity index (χ0n) is 22.8. The number of nitrogens with zero attached hydrogens (tertiary/aromatic N) is 2. The fraction of sp³-hybridized carbons (Fsp3) is 0.310. The number of ether oxygens (including phenoxy) is 1. The summed E-state index contributed by atoms with van der Waals surface area (Å²) in [6.07, 6.45) is 0.336. The Kier molecular flexibility index (Phi) is 9.99. The van der Waals surface area contributed by atoms with Crippen molar-refractivity contribution in [2.24, 2.45) is 0 Å². The van der Waals surface area contributed by atoms with Gasteiger partial charge in [-0.15, -0.1) is 0 Å². The average molecular weight is 572 g/mol. The number of methoxy groups -OCH3 is 1. The number of anilines is 1. The summed E-state index contributed by atoms with van der Waals surface area (Å²) in [5, 5.41) is 2.95. The predicted molar refractivity (Wildman–Crippen MR) is 154 cm³/mol. The van der Waals surface area contributed by atoms with E-state index in [1.807, 2.05) is 6.92 Å². The normalized spacial score (nSPS) is 11.9. The predicted octanol–water partition coefficient (Wildman–Crippen LogP) is 4.71. The lowest BCUT2D eigenvalue weighted by Gasteiger charge is -2.33. The van der Waals surface area contributed by atoms with Gasteiger partial charge in [-0.3, -0.25) is 13.9 Å². The van der Waals surface area contributed by atoms with Crippen LogP contribution in [-0.2, 0) is 26.2 Å². The Hall–Kier alpha value is -3.56. The van der Waals surface area contributed by atoms with Crippen molar-refractivity contribution in [3.05, 3.63) is 88.4 Å². The minimum Gasteiger partial charge on any atom is -0.497 e. The number of nitrogens with one attached hydrogen (secondary N) is 1. The van der Waals surface area contributed by atoms with Crippen molar-refractivity contribution in [3.8, 4) is 5.75 Å². The van der Waals surface area contributed by atoms with E-state index in [-0.39, 0.29) is 23.0 Å². The highest BCUT2D eigenvalue weighted by molar-refractivity contribution is 7.92. The number of sulfonamides is 1. The van der Waals surface area contributed by atoms with E-state index < -0.39 is 28.5 Å². The van der Waals surface area contributed by atoms with E-state index in [9.17, 15) is 18.0 Å². The number of rotatable bonds is 11. The Labute approximate surface area is 235 Å². The molecule has 1 atom stereocenters. The summed E-state index contributed by atoms with van der Waals surface area (Å²) in [6, 6.07) is 17.6. The van der Waals surface area contributed by atoms with Gasteiger partial charge in [0.15, 0.2) is 0 Å². The summed E-state index contributed by atoms with van der Waals surface area (Å²) in [5.74, 6) is -0.218. The highest BCUT2D eigenvalue weighted by Gasteiger charge is 2.34. The number of likely N-dealkylation sites (N-methyl/N-ethyl adjacent to an activating group) is 1. The zero-order chi connectivity index (χ0) is 28.7. The van der Waals surface area contributed by atoms with Crippen molar-refractivity contribution in [1.82, 2.24) is 10.2 Å². The zero-order valence-corrected chi connectivity index (χ0v) is 24.3. The molecule has 3 rings (SSSR count). The van der Waals surface area contributed by atoms with E-state index >= 15 is 0 Å². The molecule has 3 aromatic carbocycles. The molecular weight excluding hydrogens is 538 g/mol. The minimum atomic E-state index is -4.17. The van der Waals surface area contributed by atoms with Gasteiger partial charge in [-0.05, 0) is 67.8 Å². The molecule has 0 unspecified atom stereocenters. The molecule has 2 amide bonds. The Morgan fingerprint density at radius 2 is 1.64 bits per heavy atom. The lowest BCUT2D eigenvalue weighted by atomic mass is 10.1. The van der Waals surface area contributed by atoms with Gasteiger partial charge in [0.25, 0.3) is 10.0 Å². The molecule has 0 fully saturated rings. The van der Waals surface area contributed by atoms with E-state index in [2.05, 4.69) is 5.32 Å². The molecule has 39 heavy (non-hydrogen) atoms. The van der Waals surface area contributed by atoms with Crippen LogP contribution in [0, 0.1) is 13.8 Å². The third-order valence-electron chi connectivity index (χ3n) is 6.47. The van der Waals surface area contributed by atoms with Crippen LogP contribution in [0.25, 0.3) is 0 Å². The molecule has 0 radical (unpaired) electrons. The van der Waals surface area contributed by atoms with Crippen LogP contribution in [0.4, 0.5) is 5.69 Å². The summed E-state index contributed by atoms with van der Waals surface area (Å²) < 4.78 is 34.2. The van der Waals surface area contributed by atoms with Gasteiger partial charge in [-0.25, -0.2) is 8.42 Å². The maximum atomic E-state index is 14.0. The van der Waals surface area contributed by atoms with Gasteiger partial charge in [0.2, 0.25) is 11.8 Å². The lowest BCUT2D eigenvalue weighted by Crippen LogP contribution is -2.51. The van der Waals surface area contributed by atoms with E-state index in [0.29, 0.717) is 22.8 Å². The maximum Gasteiger partial charge on any atom is 0.264 e. The van der Waals surface area contributed by atoms with Crippen molar-refractivity contribution >= 4 is 39.1 Å². The number of hydrogen-bond donors (Lipinski definition) is 1. The van der Waals surface area contributed by atoms with Crippen LogP contribution in [0.2, 0.25) is 5.02 Å². The number of benzene rings is 3. The Bertz CT molecular complexity index is 1410. The highest BCUT2D eigenvalue weighted by Crippen LogP contribution is 2.30. The van der Waals surface area contributed by atoms with Crippen LogP contribution in [0.1, 0.15) is 30.0 Å². The molecule has 0 bridgehead atoms. The van der Waals surface area contributed by atoms with Crippen LogP contribution < -0.4 is 14.4 Å². The summed E-state index contributed by atoms with van der Waals surface area (Å²) >= 11 is 6.26. The third-order valence-corrected chi connectivity index (χ3v) is 8.48. The Balaban J connectivity index is 2.09. The smallest absolute Gasteiger partial charge is 0.264 e. The second kappa shape index (κ2) is 13.0. The lowest BCUT2D eigenvalue weighted by molar-refractivity contribution is -0.140. The standard InChI is InChI=1S/C29H34ClN3O5S/c1-6-26(29(35)31-4)32(18-22-10-13-24(38-5)14-11-22)28(34)19-33(27-17-23(30)12-9-21(27)3)39(36,37)25-15-7-20(2)8-16-25/h7-17,26H,6,18-19H2,1-5H3,(H,31,35)/t26-/m0/s1. The number of amides is 2. The van der Waals surface area contributed by atoms with E-state index in [1.165, 1.54) is 30.1 Å². The Morgan fingerprint density at radius 1 is 1.00 bits per heavy atom. The van der Waals surface area contributed by atoms with Crippen molar-refractivity contribution in [2.75, 3.05) is 25.0 Å². The van der Waals surface area contributed by atoms with Gasteiger partial charge in [0.1, 0.15) is 18.3 Å². The molecule has 0 aliphatic carbocycles. The van der Waals surface area contributed by atoms with Crippen LogP contribution in [0.5, 0.6) is 5.75 Å². The first-order valence-electron chi connectivity index (χ1n) is 12.5. The molecule has 0 spiro atoms. The van der Waals surface area contributed by atoms with E-state index in [4.69, 9.17) is 16.3 Å². The monoisotopic (exact) mass is 571 g/mol. The number of aryl methyl sites for hydroxylation is 2. The summed E-state index contributed by atoms with van der Waals surface area (Å²) in [7, 11) is -1.10. The van der Waals surface area contributed by atoms with Gasteiger partial charge in [0.05, 0.1) is 17.7 Å². The van der Waals surface area contributed by atoms with E-state index in [0.717, 1.165) is 15.4 Å². The highest BCUT2D eigenvalue weighted by atomic mass is 35.5. The molecule has 0 aromatic heterocycles. The first kappa shape index (κ1) is 30.0. The molecule has 0 aliphatic heterocycles. The van der Waals surface area contributed by atoms with Crippen molar-refractivity contribution in [1.29, 1.82) is 0 Å². The number of carbonyl (C=O) groups is 2. The molecule has 208 valence electrons. The van der Waals surface area contributed by atoms with Gasteiger partial charge in [-0.2, -0.15) is 0 Å². The van der Waals surface area contributed by atoms with Crippen molar-refractivity contribution in [2.45, 2.75) is 44.7 Å². The molecule has 0 aliphatic rings. The van der Waals surface area contributed by atoms with Crippen molar-refractivity contribution in [3.63, 3.8) is 0 Å². The number of halogens is 1. The van der Waals surface area contributed by atoms with Crippen LogP contribution in [-0.4, -0.2) is 51.9 Å². The fourth-order valence-corrected chi connectivity index (χ4v) is 5.85. The van der Waals surface area contributed by atoms with Gasteiger partial charge < -0.3 is 15.0 Å². The molecular formula is C29H34ClN3O5S. The molecule has 0 saturated carbocycles. The SMILES string of the molecule is CC[C@@H](C(=O)NC)N(Cc1ccc(OC)cc1)C(=O)CN(c1cc(Cl)ccc1C)S(=O)(=O)c1ccc(C)cc1. The van der Waals surface area contributed by atoms with Gasteiger partial charge >= 0.3 is 0 Å². The summed E-state index contributed by atoms with van der Waals surface area (Å²) in [6.45, 7) is 4.99. The molecule has 8 nitrogen and oxygen atoms in total. The van der Waals surface area contributed by atoms with Crippen LogP contribution in [0.3, 0.4) is 0 Å². The first-order chi connectivity index (χ1) is 18.5. The molecule has 0 saturated heterocycles. The van der Waals surface area contributed by atoms with Gasteiger partial charge in [-0.1, -0.05) is 54.4 Å². The molecule has 10 heteroatoms. The number of carbonyl (C=O) groups excluding carboxylic acids is 2. The van der Waals surface area contributed by atoms with Gasteiger partial charge in [0, 0.05) is 18.6 Å². The largest absolute Gasteiger partial charge is 0.497 e. The Morgan fingerprint density at radius 3 is 2.21 bits per heavy atom. The average Bonchev–Trinajstić information content (AvgIpc) is 2.93. The van der Waals surface area contributed by atoms with Crippen LogP contribution >= 0.6 is 11.6 Å². The minimum absolute atomic E-state index is 0.0420. The van der Waals surface area contributed by atoms with Crippen molar-refractivity contribution < 1.29 is 22.7 Å². The molecule has 0 heterocycles. The maximum absolute atomic E-state index is 14.0. The van der Waals surface area contributed by atoms with Crippen LogP contribution in [0.15, 0.2) is 71.6 Å². The van der Waals surface area contributed by atoms with E-state index in [1.54, 1.807) is 69.5 Å². The first-order valence-corrected chi connectivity index (χ1v) is 14.3. The summed E-state index contributed by atoms with van der Waals surface area (Å²) in [5.41, 5.74) is 2.58. The second-order valence-electron chi connectivity index (χ2n) is 9.16. The second-order valence-corrected chi connectivity index (χ2v) is 11.5. The molecule has 1 N–H and O–H groups in total.